The summed E-state index contributed by atoms with van der Waals surface area (Å²) in [5.74, 6) is 0.983. The monoisotopic (exact) mass is 418 g/mol. The number of hydrogen-bond donors (Lipinski definition) is 2. The highest BCUT2D eigenvalue weighted by Gasteiger charge is 2.28. The van der Waals surface area contributed by atoms with Crippen molar-refractivity contribution in [3.05, 3.63) is 47.3 Å². The molecule has 158 valence electrons. The Morgan fingerprint density at radius 2 is 2.03 bits per heavy atom. The summed E-state index contributed by atoms with van der Waals surface area (Å²) in [6.07, 6.45) is 2.13. The number of aliphatic imine (C=N–C) groups is 1. The molecule has 1 fully saturated rings. The van der Waals surface area contributed by atoms with Gasteiger partial charge < -0.3 is 10.6 Å². The van der Waals surface area contributed by atoms with E-state index in [2.05, 4.69) is 38.9 Å². The van der Waals surface area contributed by atoms with Crippen LogP contribution in [0.3, 0.4) is 0 Å². The number of aromatic nitrogens is 2. The Morgan fingerprint density at radius 1 is 1.28 bits per heavy atom. The number of sulfonamides is 1. The molecule has 1 unspecified atom stereocenters. The Bertz CT molecular complexity index is 983. The molecule has 1 aromatic heterocycles. The molecule has 8 nitrogen and oxygen atoms in total. The Morgan fingerprint density at radius 3 is 2.66 bits per heavy atom. The molecule has 1 atom stereocenters. The molecule has 2 heterocycles. The Kier molecular flexibility index (Phi) is 6.59. The fraction of sp³-hybridized carbons (Fsp3) is 0.500. The van der Waals surface area contributed by atoms with Crippen LogP contribution in [0.5, 0.6) is 0 Å². The number of rotatable bonds is 6. The van der Waals surface area contributed by atoms with Gasteiger partial charge in [-0.05, 0) is 43.9 Å². The first kappa shape index (κ1) is 21.3. The Hall–Kier alpha value is -2.39. The molecule has 3 rings (SSSR count). The van der Waals surface area contributed by atoms with Crippen molar-refractivity contribution >= 4 is 16.0 Å². The predicted octanol–water partition coefficient (Wildman–Crippen LogP) is 1.44. The van der Waals surface area contributed by atoms with Crippen LogP contribution in [0.4, 0.5) is 0 Å². The van der Waals surface area contributed by atoms with E-state index < -0.39 is 10.0 Å². The van der Waals surface area contributed by atoms with Crippen LogP contribution in [-0.4, -0.2) is 61.4 Å². The van der Waals surface area contributed by atoms with Crippen molar-refractivity contribution in [3.8, 4) is 5.69 Å². The molecule has 2 N–H and O–H groups in total. The van der Waals surface area contributed by atoms with Crippen LogP contribution in [0.25, 0.3) is 5.69 Å². The van der Waals surface area contributed by atoms with Gasteiger partial charge in [-0.1, -0.05) is 18.2 Å². The van der Waals surface area contributed by atoms with Gasteiger partial charge in [0.05, 0.1) is 17.6 Å². The molecule has 1 aliphatic rings. The SMILES string of the molecule is CN=C(NCc1ccccc1-n1nc(C)cc1C)NCC1CCN(S(C)(=O)=O)C1. The minimum Gasteiger partial charge on any atom is -0.356 e. The summed E-state index contributed by atoms with van der Waals surface area (Å²) in [5, 5.41) is 11.3. The molecule has 0 bridgehead atoms. The molecular weight excluding hydrogens is 388 g/mol. The molecule has 29 heavy (non-hydrogen) atoms. The molecule has 0 amide bonds. The zero-order chi connectivity index (χ0) is 21.0. The zero-order valence-electron chi connectivity index (χ0n) is 17.5. The smallest absolute Gasteiger partial charge is 0.211 e. The summed E-state index contributed by atoms with van der Waals surface area (Å²) in [7, 11) is -1.37. The van der Waals surface area contributed by atoms with Gasteiger partial charge in [0.1, 0.15) is 0 Å². The molecule has 1 saturated heterocycles. The van der Waals surface area contributed by atoms with Crippen molar-refractivity contribution < 1.29 is 8.42 Å². The van der Waals surface area contributed by atoms with Crippen molar-refractivity contribution in [2.24, 2.45) is 10.9 Å². The van der Waals surface area contributed by atoms with Gasteiger partial charge in [-0.3, -0.25) is 4.99 Å². The molecular formula is C20H30N6O2S. The van der Waals surface area contributed by atoms with E-state index >= 15 is 0 Å². The quantitative estimate of drug-likeness (QED) is 0.547. The van der Waals surface area contributed by atoms with Crippen LogP contribution in [0.1, 0.15) is 23.4 Å². The fourth-order valence-electron chi connectivity index (χ4n) is 3.65. The van der Waals surface area contributed by atoms with E-state index in [1.807, 2.05) is 30.7 Å². The summed E-state index contributed by atoms with van der Waals surface area (Å²) in [6.45, 7) is 6.48. The van der Waals surface area contributed by atoms with Crippen molar-refractivity contribution in [3.63, 3.8) is 0 Å². The summed E-state index contributed by atoms with van der Waals surface area (Å²) in [5.41, 5.74) is 4.24. The second kappa shape index (κ2) is 8.96. The first-order valence-corrected chi connectivity index (χ1v) is 11.6. The highest BCUT2D eigenvalue weighted by atomic mass is 32.2. The van der Waals surface area contributed by atoms with Crippen molar-refractivity contribution in [1.29, 1.82) is 0 Å². The fourth-order valence-corrected chi connectivity index (χ4v) is 4.56. The number of guanidine groups is 1. The molecule has 0 spiro atoms. The van der Waals surface area contributed by atoms with Gasteiger partial charge in [0, 0.05) is 38.9 Å². The topological polar surface area (TPSA) is 91.6 Å². The van der Waals surface area contributed by atoms with E-state index in [0.717, 1.165) is 29.1 Å². The molecule has 0 saturated carbocycles. The van der Waals surface area contributed by atoms with E-state index in [4.69, 9.17) is 0 Å². The van der Waals surface area contributed by atoms with Crippen LogP contribution < -0.4 is 10.6 Å². The average molecular weight is 419 g/mol. The van der Waals surface area contributed by atoms with Gasteiger partial charge in [0.25, 0.3) is 0 Å². The lowest BCUT2D eigenvalue weighted by molar-refractivity contribution is 0.459. The minimum atomic E-state index is -3.11. The minimum absolute atomic E-state index is 0.283. The van der Waals surface area contributed by atoms with E-state index in [-0.39, 0.29) is 5.92 Å². The van der Waals surface area contributed by atoms with E-state index in [1.165, 1.54) is 6.26 Å². The van der Waals surface area contributed by atoms with Gasteiger partial charge in [0.2, 0.25) is 10.0 Å². The van der Waals surface area contributed by atoms with E-state index in [9.17, 15) is 8.42 Å². The first-order chi connectivity index (χ1) is 13.8. The molecule has 0 aliphatic carbocycles. The van der Waals surface area contributed by atoms with Gasteiger partial charge in [-0.2, -0.15) is 5.10 Å². The normalized spacial score (nSPS) is 18.2. The summed E-state index contributed by atoms with van der Waals surface area (Å²) >= 11 is 0. The van der Waals surface area contributed by atoms with Crippen molar-refractivity contribution in [2.45, 2.75) is 26.8 Å². The van der Waals surface area contributed by atoms with Crippen molar-refractivity contribution in [2.75, 3.05) is 32.9 Å². The summed E-state index contributed by atoms with van der Waals surface area (Å²) in [4.78, 5) is 4.30. The number of aryl methyl sites for hydroxylation is 2. The highest BCUT2D eigenvalue weighted by molar-refractivity contribution is 7.88. The number of para-hydroxylation sites is 1. The number of nitrogens with zero attached hydrogens (tertiary/aromatic N) is 4. The van der Waals surface area contributed by atoms with Gasteiger partial charge >= 0.3 is 0 Å². The maximum Gasteiger partial charge on any atom is 0.211 e. The van der Waals surface area contributed by atoms with E-state index in [0.29, 0.717) is 32.1 Å². The number of hydrogen-bond acceptors (Lipinski definition) is 4. The number of nitrogens with one attached hydrogen (secondary N) is 2. The van der Waals surface area contributed by atoms with Gasteiger partial charge in [-0.15, -0.1) is 0 Å². The first-order valence-electron chi connectivity index (χ1n) is 9.79. The largest absolute Gasteiger partial charge is 0.356 e. The van der Waals surface area contributed by atoms with Crippen LogP contribution >= 0.6 is 0 Å². The van der Waals surface area contributed by atoms with Crippen LogP contribution in [0.2, 0.25) is 0 Å². The Labute approximate surface area is 173 Å². The maximum atomic E-state index is 11.7. The average Bonchev–Trinajstić information content (AvgIpc) is 3.28. The second-order valence-electron chi connectivity index (χ2n) is 7.55. The number of benzene rings is 1. The third-order valence-electron chi connectivity index (χ3n) is 5.18. The van der Waals surface area contributed by atoms with Crippen LogP contribution in [0.15, 0.2) is 35.3 Å². The lowest BCUT2D eigenvalue weighted by Gasteiger charge is -2.17. The highest BCUT2D eigenvalue weighted by Crippen LogP contribution is 2.18. The molecule has 9 heteroatoms. The second-order valence-corrected chi connectivity index (χ2v) is 9.53. The van der Waals surface area contributed by atoms with Crippen LogP contribution in [-0.2, 0) is 16.6 Å². The van der Waals surface area contributed by atoms with Gasteiger partial charge in [0.15, 0.2) is 5.96 Å². The zero-order valence-corrected chi connectivity index (χ0v) is 18.3. The van der Waals surface area contributed by atoms with Crippen molar-refractivity contribution in [1.82, 2.24) is 24.7 Å². The van der Waals surface area contributed by atoms with Gasteiger partial charge in [-0.25, -0.2) is 17.4 Å². The maximum absolute atomic E-state index is 11.7. The molecule has 1 aromatic carbocycles. The third-order valence-corrected chi connectivity index (χ3v) is 6.44. The third kappa shape index (κ3) is 5.36. The van der Waals surface area contributed by atoms with Crippen LogP contribution in [0, 0.1) is 19.8 Å². The standard InChI is InChI=1S/C20H30N6O2S/c1-15-11-16(2)26(24-15)19-8-6-5-7-18(19)13-23-20(21-3)22-12-17-9-10-25(14-17)29(4,27)28/h5-8,11,17H,9-10,12-14H2,1-4H3,(H2,21,22,23). The summed E-state index contributed by atoms with van der Waals surface area (Å²) in [6, 6.07) is 10.2. The lowest BCUT2D eigenvalue weighted by Crippen LogP contribution is -2.40. The molecule has 1 aliphatic heterocycles. The lowest BCUT2D eigenvalue weighted by atomic mass is 10.1. The Balaban J connectivity index is 1.59. The van der Waals surface area contributed by atoms with E-state index in [1.54, 1.807) is 11.4 Å². The predicted molar refractivity (Wildman–Crippen MR) is 116 cm³/mol. The summed E-state index contributed by atoms with van der Waals surface area (Å²) < 4.78 is 26.8. The molecule has 2 aromatic rings. The molecule has 0 radical (unpaired) electrons.